The van der Waals surface area contributed by atoms with E-state index in [0.29, 0.717) is 0 Å². The fraction of sp³-hybridized carbons (Fsp3) is 0. The number of nitrogens with two attached hydrogens (primary N) is 1. The van der Waals surface area contributed by atoms with Gasteiger partial charge in [0, 0.05) is 33.8 Å². The van der Waals surface area contributed by atoms with Crippen molar-refractivity contribution in [3.05, 3.63) is 88.5 Å². The molecule has 0 aliphatic rings. The van der Waals surface area contributed by atoms with Crippen LogP contribution in [0.5, 0.6) is 0 Å². The van der Waals surface area contributed by atoms with Crippen molar-refractivity contribution in [3.8, 4) is 0 Å². The number of anilines is 1. The maximum absolute atomic E-state index is 10.6. The number of nitrogens with zero attached hydrogens (tertiary/aromatic N) is 2. The Morgan fingerprint density at radius 2 is 1.38 bits per heavy atom. The van der Waals surface area contributed by atoms with E-state index in [2.05, 4.69) is 4.99 Å². The first-order valence-electron chi connectivity index (χ1n) is 7.69. The zero-order chi connectivity index (χ0) is 18.4. The van der Waals surface area contributed by atoms with Crippen LogP contribution < -0.4 is 5.73 Å². The molecule has 3 rings (SSSR count). The van der Waals surface area contributed by atoms with Gasteiger partial charge in [-0.15, -0.1) is 0 Å². The van der Waals surface area contributed by atoms with Crippen LogP contribution in [0.1, 0.15) is 5.56 Å². The van der Waals surface area contributed by atoms with E-state index in [1.165, 1.54) is 12.1 Å². The third kappa shape index (κ3) is 5.11. The molecule has 0 unspecified atom stereocenters. The molecule has 0 aliphatic carbocycles. The van der Waals surface area contributed by atoms with Crippen LogP contribution in [0.2, 0.25) is 0 Å². The van der Waals surface area contributed by atoms with E-state index in [4.69, 9.17) is 5.73 Å². The molecular weight excluding hydrogens is 366 g/mol. The second-order valence-electron chi connectivity index (χ2n) is 5.34. The predicted octanol–water partition coefficient (Wildman–Crippen LogP) is 5.73. The summed E-state index contributed by atoms with van der Waals surface area (Å²) in [6.07, 6.45) is 1.69. The monoisotopic (exact) mass is 381 g/mol. The largest absolute Gasteiger partial charge is 0.399 e. The van der Waals surface area contributed by atoms with E-state index in [-0.39, 0.29) is 5.69 Å². The number of rotatable bonds is 6. The molecule has 3 aromatic rings. The highest BCUT2D eigenvalue weighted by Crippen LogP contribution is 2.37. The van der Waals surface area contributed by atoms with E-state index in [1.54, 1.807) is 39.9 Å². The number of nitro groups is 1. The average molecular weight is 381 g/mol. The third-order valence-corrected chi connectivity index (χ3v) is 5.83. The van der Waals surface area contributed by atoms with E-state index in [0.717, 1.165) is 26.7 Å². The van der Waals surface area contributed by atoms with Gasteiger partial charge in [-0.3, -0.25) is 15.1 Å². The van der Waals surface area contributed by atoms with E-state index in [1.807, 2.05) is 48.5 Å². The Morgan fingerprint density at radius 3 is 1.92 bits per heavy atom. The van der Waals surface area contributed by atoms with Crippen LogP contribution in [0.3, 0.4) is 0 Å². The summed E-state index contributed by atoms with van der Waals surface area (Å²) >= 11 is 0. The molecule has 0 bridgehead atoms. The molecule has 0 radical (unpaired) electrons. The molecule has 0 aromatic heterocycles. The quantitative estimate of drug-likeness (QED) is 0.194. The van der Waals surface area contributed by atoms with Crippen molar-refractivity contribution in [2.75, 3.05) is 5.73 Å². The van der Waals surface area contributed by atoms with Crippen molar-refractivity contribution in [1.82, 2.24) is 0 Å². The molecule has 0 saturated carbocycles. The molecule has 5 nitrogen and oxygen atoms in total. The number of nitro benzene ring substituents is 1. The van der Waals surface area contributed by atoms with Gasteiger partial charge >= 0.3 is 0 Å². The van der Waals surface area contributed by atoms with Gasteiger partial charge in [0.2, 0.25) is 0 Å². The summed E-state index contributed by atoms with van der Waals surface area (Å²) in [5.41, 5.74) is 8.15. The Labute approximate surface area is 158 Å². The van der Waals surface area contributed by atoms with Gasteiger partial charge in [0.15, 0.2) is 0 Å². The van der Waals surface area contributed by atoms with E-state index >= 15 is 0 Å². The maximum atomic E-state index is 10.6. The standard InChI is InChI=1S/C19H15N3O2S2/c20-15-3-9-18(10-4-15)25-26-19-11-5-16(6-12-19)21-13-14-1-7-17(8-2-14)22(23)24/h1-13H,20H2. The third-order valence-electron chi connectivity index (χ3n) is 3.42. The fourth-order valence-corrected chi connectivity index (χ4v) is 3.97. The predicted molar refractivity (Wildman–Crippen MR) is 109 cm³/mol. The molecule has 7 heteroatoms. The van der Waals surface area contributed by atoms with Gasteiger partial charge in [-0.25, -0.2) is 0 Å². The summed E-state index contributed by atoms with van der Waals surface area (Å²) in [5, 5.41) is 10.6. The Hall–Kier alpha value is -2.77. The second kappa shape index (κ2) is 8.55. The number of hydrogen-bond acceptors (Lipinski definition) is 6. The van der Waals surface area contributed by atoms with Crippen molar-refractivity contribution >= 4 is 44.9 Å². The van der Waals surface area contributed by atoms with Crippen molar-refractivity contribution < 1.29 is 4.92 Å². The molecule has 3 aromatic carbocycles. The van der Waals surface area contributed by atoms with E-state index in [9.17, 15) is 10.1 Å². The van der Waals surface area contributed by atoms with Gasteiger partial charge in [-0.05, 0) is 66.2 Å². The van der Waals surface area contributed by atoms with Gasteiger partial charge in [-0.2, -0.15) is 0 Å². The lowest BCUT2D eigenvalue weighted by molar-refractivity contribution is -0.384. The molecular formula is C19H15N3O2S2. The molecule has 0 atom stereocenters. The van der Waals surface area contributed by atoms with Crippen LogP contribution in [0.4, 0.5) is 17.1 Å². The van der Waals surface area contributed by atoms with Crippen LogP contribution in [0.15, 0.2) is 87.6 Å². The first-order chi connectivity index (χ1) is 12.6. The van der Waals surface area contributed by atoms with Crippen molar-refractivity contribution in [2.24, 2.45) is 4.99 Å². The topological polar surface area (TPSA) is 81.5 Å². The zero-order valence-corrected chi connectivity index (χ0v) is 15.2. The Bertz CT molecular complexity index is 909. The molecule has 0 saturated heterocycles. The molecule has 2 N–H and O–H groups in total. The van der Waals surface area contributed by atoms with Gasteiger partial charge in [-0.1, -0.05) is 21.6 Å². The van der Waals surface area contributed by atoms with Crippen molar-refractivity contribution in [1.29, 1.82) is 0 Å². The molecule has 26 heavy (non-hydrogen) atoms. The molecule has 0 fully saturated rings. The van der Waals surface area contributed by atoms with Crippen molar-refractivity contribution in [3.63, 3.8) is 0 Å². The number of nitrogen functional groups attached to an aromatic ring is 1. The summed E-state index contributed by atoms with van der Waals surface area (Å²) < 4.78 is 0. The van der Waals surface area contributed by atoms with Gasteiger partial charge in [0.25, 0.3) is 5.69 Å². The highest BCUT2D eigenvalue weighted by molar-refractivity contribution is 8.76. The fourth-order valence-electron chi connectivity index (χ4n) is 2.04. The van der Waals surface area contributed by atoms with Crippen LogP contribution in [-0.2, 0) is 0 Å². The molecule has 0 amide bonds. The van der Waals surface area contributed by atoms with Gasteiger partial charge < -0.3 is 5.73 Å². The van der Waals surface area contributed by atoms with Gasteiger partial charge in [0.05, 0.1) is 10.6 Å². The smallest absolute Gasteiger partial charge is 0.269 e. The minimum absolute atomic E-state index is 0.0714. The Balaban J connectivity index is 1.58. The lowest BCUT2D eigenvalue weighted by Crippen LogP contribution is -1.88. The van der Waals surface area contributed by atoms with Crippen LogP contribution in [0, 0.1) is 10.1 Å². The molecule has 130 valence electrons. The maximum Gasteiger partial charge on any atom is 0.269 e. The summed E-state index contributed by atoms with van der Waals surface area (Å²) in [5.74, 6) is 0. The molecule has 0 aliphatic heterocycles. The minimum Gasteiger partial charge on any atom is -0.399 e. The normalized spacial score (nSPS) is 10.9. The lowest BCUT2D eigenvalue weighted by Gasteiger charge is -2.02. The summed E-state index contributed by atoms with van der Waals surface area (Å²) in [4.78, 5) is 16.9. The highest BCUT2D eigenvalue weighted by atomic mass is 33.1. The highest BCUT2D eigenvalue weighted by Gasteiger charge is 2.02. The van der Waals surface area contributed by atoms with Crippen LogP contribution in [0.25, 0.3) is 0 Å². The lowest BCUT2D eigenvalue weighted by atomic mass is 10.2. The summed E-state index contributed by atoms with van der Waals surface area (Å²) in [6.45, 7) is 0. The van der Waals surface area contributed by atoms with Gasteiger partial charge in [0.1, 0.15) is 0 Å². The molecule has 0 spiro atoms. The SMILES string of the molecule is Nc1ccc(SSc2ccc(N=Cc3ccc([N+](=O)[O-])cc3)cc2)cc1. The molecule has 0 heterocycles. The van der Waals surface area contributed by atoms with Crippen molar-refractivity contribution in [2.45, 2.75) is 9.79 Å². The van der Waals surface area contributed by atoms with E-state index < -0.39 is 4.92 Å². The Morgan fingerprint density at radius 1 is 0.846 bits per heavy atom. The number of benzene rings is 3. The average Bonchev–Trinajstić information content (AvgIpc) is 2.67. The first-order valence-corrected chi connectivity index (χ1v) is 9.84. The number of non-ortho nitro benzene ring substituents is 1. The minimum atomic E-state index is -0.417. The Kier molecular flexibility index (Phi) is 5.93. The second-order valence-corrected chi connectivity index (χ2v) is 7.61. The van der Waals surface area contributed by atoms with Crippen LogP contribution in [-0.4, -0.2) is 11.1 Å². The van der Waals surface area contributed by atoms with Crippen LogP contribution >= 0.6 is 21.6 Å². The first kappa shape index (κ1) is 18.0. The zero-order valence-electron chi connectivity index (χ0n) is 13.6. The number of aliphatic imine (C=N–C) groups is 1. The number of hydrogen-bond donors (Lipinski definition) is 1. The summed E-state index contributed by atoms with van der Waals surface area (Å²) in [6, 6.07) is 22.0. The summed E-state index contributed by atoms with van der Waals surface area (Å²) in [7, 11) is 3.34.